The van der Waals surface area contributed by atoms with Gasteiger partial charge in [-0.25, -0.2) is 4.79 Å². The van der Waals surface area contributed by atoms with Crippen molar-refractivity contribution < 1.29 is 19.1 Å². The molecule has 0 amide bonds. The zero-order valence-corrected chi connectivity index (χ0v) is 14.9. The number of rotatable bonds is 2. The van der Waals surface area contributed by atoms with Crippen LogP contribution in [0, 0.1) is 0 Å². The number of carbonyl (C=O) groups excluding carboxylic acids is 2. The zero-order valence-electron chi connectivity index (χ0n) is 13.3. The lowest BCUT2D eigenvalue weighted by Crippen LogP contribution is -2.17. The van der Waals surface area contributed by atoms with Crippen LogP contribution in [0.3, 0.4) is 0 Å². The van der Waals surface area contributed by atoms with Crippen molar-refractivity contribution in [2.24, 2.45) is 7.05 Å². The van der Waals surface area contributed by atoms with Gasteiger partial charge in [0.1, 0.15) is 5.60 Å². The third kappa shape index (κ3) is 4.87. The molecule has 0 N–H and O–H groups in total. The number of aromatic nitrogens is 1. The van der Waals surface area contributed by atoms with Gasteiger partial charge in [-0.3, -0.25) is 4.79 Å². The minimum Gasteiger partial charge on any atom is -0.465 e. The van der Waals surface area contributed by atoms with Crippen LogP contribution in [0.2, 0.25) is 0 Å². The van der Waals surface area contributed by atoms with Gasteiger partial charge in [-0.2, -0.15) is 0 Å². The second-order valence-electron chi connectivity index (χ2n) is 5.63. The first-order valence-corrected chi connectivity index (χ1v) is 7.43. The highest BCUT2D eigenvalue weighted by Gasteiger charge is 2.14. The van der Waals surface area contributed by atoms with Gasteiger partial charge in [0.25, 0.3) is 6.47 Å². The Kier molecular flexibility index (Phi) is 6.17. The van der Waals surface area contributed by atoms with E-state index in [1.165, 1.54) is 7.11 Å². The first-order valence-electron chi connectivity index (χ1n) is 6.64. The van der Waals surface area contributed by atoms with Crippen LogP contribution in [0.25, 0.3) is 10.9 Å². The Balaban J connectivity index is 0.000000295. The van der Waals surface area contributed by atoms with Crippen molar-refractivity contribution in [3.8, 4) is 0 Å². The highest BCUT2D eigenvalue weighted by molar-refractivity contribution is 9.10. The first-order chi connectivity index (χ1) is 10.2. The summed E-state index contributed by atoms with van der Waals surface area (Å²) in [7, 11) is 3.29. The Labute approximate surface area is 138 Å². The molecular formula is C16H20BrNO4. The quantitative estimate of drug-likeness (QED) is 0.598. The molecule has 2 aromatic rings. The summed E-state index contributed by atoms with van der Waals surface area (Å²) in [6.07, 6.45) is 1.78. The van der Waals surface area contributed by atoms with Gasteiger partial charge >= 0.3 is 5.97 Å². The van der Waals surface area contributed by atoms with E-state index in [-0.39, 0.29) is 11.6 Å². The molecule has 2 rings (SSSR count). The van der Waals surface area contributed by atoms with Crippen molar-refractivity contribution in [3.63, 3.8) is 0 Å². The van der Waals surface area contributed by atoms with Gasteiger partial charge in [-0.1, -0.05) is 15.9 Å². The molecule has 5 nitrogen and oxygen atoms in total. The fourth-order valence-corrected chi connectivity index (χ4v) is 2.14. The van der Waals surface area contributed by atoms with Crippen LogP contribution in [0.1, 0.15) is 31.1 Å². The molecule has 0 unspecified atom stereocenters. The molecule has 0 bridgehead atoms. The molecule has 0 saturated carbocycles. The maximum atomic E-state index is 11.5. The second kappa shape index (κ2) is 7.45. The number of ether oxygens (including phenoxy) is 2. The number of fused-ring (bicyclic) bond motifs is 1. The van der Waals surface area contributed by atoms with Gasteiger partial charge in [0.15, 0.2) is 0 Å². The summed E-state index contributed by atoms with van der Waals surface area (Å²) in [6, 6.07) is 5.83. The number of carbonyl (C=O) groups is 2. The van der Waals surface area contributed by atoms with E-state index in [0.717, 1.165) is 15.4 Å². The number of halogens is 1. The number of hydrogen-bond donors (Lipinski definition) is 0. The molecule has 0 saturated heterocycles. The number of hydrogen-bond acceptors (Lipinski definition) is 4. The highest BCUT2D eigenvalue weighted by atomic mass is 79.9. The fraction of sp³-hybridized carbons (Fsp3) is 0.375. The molecule has 0 atom stereocenters. The minimum absolute atomic E-state index is 0.307. The Hall–Kier alpha value is -1.82. The van der Waals surface area contributed by atoms with Crippen LogP contribution in [-0.2, 0) is 21.3 Å². The summed E-state index contributed by atoms with van der Waals surface area (Å²) in [6.45, 7) is 5.92. The summed E-state index contributed by atoms with van der Waals surface area (Å²) in [5, 5.41) is 0.902. The standard InChI is InChI=1S/C11H10BrNO2.C5H10O2/c1-13-6-9(11(14)15-2)8-5-7(12)3-4-10(8)13;1-5(2,3)7-4-6/h3-6H,1-2H3;4H,1-3H3. The molecule has 0 spiro atoms. The molecule has 1 aromatic heterocycles. The molecule has 0 aliphatic heterocycles. The Morgan fingerprint density at radius 3 is 2.41 bits per heavy atom. The van der Waals surface area contributed by atoms with Crippen LogP contribution in [0.5, 0.6) is 0 Å². The van der Waals surface area contributed by atoms with E-state index in [0.29, 0.717) is 12.0 Å². The molecule has 0 radical (unpaired) electrons. The van der Waals surface area contributed by atoms with Crippen molar-refractivity contribution in [2.75, 3.05) is 7.11 Å². The van der Waals surface area contributed by atoms with Gasteiger partial charge in [-0.05, 0) is 39.0 Å². The third-order valence-corrected chi connectivity index (χ3v) is 3.25. The summed E-state index contributed by atoms with van der Waals surface area (Å²) in [4.78, 5) is 21.1. The number of aryl methyl sites for hydroxylation is 1. The van der Waals surface area contributed by atoms with Crippen molar-refractivity contribution in [2.45, 2.75) is 26.4 Å². The lowest BCUT2D eigenvalue weighted by molar-refractivity contribution is -0.138. The van der Waals surface area contributed by atoms with E-state index >= 15 is 0 Å². The molecule has 6 heteroatoms. The normalized spacial score (nSPS) is 10.6. The predicted molar refractivity (Wildman–Crippen MR) is 88.9 cm³/mol. The van der Waals surface area contributed by atoms with Crippen LogP contribution in [0.15, 0.2) is 28.9 Å². The summed E-state index contributed by atoms with van der Waals surface area (Å²) in [5.74, 6) is -0.307. The number of methoxy groups -OCH3 is 1. The van der Waals surface area contributed by atoms with Crippen molar-refractivity contribution in [1.82, 2.24) is 4.57 Å². The fourth-order valence-electron chi connectivity index (χ4n) is 1.78. The molecule has 0 fully saturated rings. The number of esters is 1. The van der Waals surface area contributed by atoms with E-state index < -0.39 is 0 Å². The van der Waals surface area contributed by atoms with Crippen LogP contribution in [-0.4, -0.2) is 29.7 Å². The molecule has 22 heavy (non-hydrogen) atoms. The van der Waals surface area contributed by atoms with Gasteiger partial charge in [0, 0.05) is 28.6 Å². The molecule has 0 aliphatic rings. The van der Waals surface area contributed by atoms with Gasteiger partial charge in [0.2, 0.25) is 0 Å². The van der Waals surface area contributed by atoms with Crippen molar-refractivity contribution in [3.05, 3.63) is 34.4 Å². The van der Waals surface area contributed by atoms with Crippen LogP contribution >= 0.6 is 15.9 Å². The second-order valence-corrected chi connectivity index (χ2v) is 6.55. The Bertz CT molecular complexity index is 671. The van der Waals surface area contributed by atoms with Crippen LogP contribution < -0.4 is 0 Å². The summed E-state index contributed by atoms with van der Waals surface area (Å²) in [5.41, 5.74) is 1.29. The third-order valence-electron chi connectivity index (χ3n) is 2.76. The Morgan fingerprint density at radius 1 is 1.32 bits per heavy atom. The molecule has 1 aromatic carbocycles. The molecule has 0 aliphatic carbocycles. The van der Waals surface area contributed by atoms with Crippen molar-refractivity contribution in [1.29, 1.82) is 0 Å². The smallest absolute Gasteiger partial charge is 0.340 e. The van der Waals surface area contributed by atoms with E-state index in [9.17, 15) is 9.59 Å². The van der Waals surface area contributed by atoms with Gasteiger partial charge < -0.3 is 14.0 Å². The maximum Gasteiger partial charge on any atom is 0.340 e. The first kappa shape index (κ1) is 18.2. The lowest BCUT2D eigenvalue weighted by Gasteiger charge is -2.14. The molecule has 120 valence electrons. The maximum absolute atomic E-state index is 11.5. The SMILES string of the molecule is CC(C)(C)OC=O.COC(=O)c1cn(C)c2ccc(Br)cc12. The largest absolute Gasteiger partial charge is 0.465 e. The average Bonchev–Trinajstić information content (AvgIpc) is 2.74. The average molecular weight is 370 g/mol. The summed E-state index contributed by atoms with van der Waals surface area (Å²) >= 11 is 3.39. The van der Waals surface area contributed by atoms with Gasteiger partial charge in [-0.15, -0.1) is 0 Å². The van der Waals surface area contributed by atoms with E-state index in [2.05, 4.69) is 20.7 Å². The predicted octanol–water partition coefficient (Wildman–Crippen LogP) is 3.69. The monoisotopic (exact) mass is 369 g/mol. The van der Waals surface area contributed by atoms with Gasteiger partial charge in [0.05, 0.1) is 12.7 Å². The van der Waals surface area contributed by atoms with Crippen molar-refractivity contribution >= 4 is 39.3 Å². The molecular weight excluding hydrogens is 350 g/mol. The van der Waals surface area contributed by atoms with Crippen LogP contribution in [0.4, 0.5) is 0 Å². The van der Waals surface area contributed by atoms with E-state index in [1.54, 1.807) is 6.20 Å². The number of benzene rings is 1. The van der Waals surface area contributed by atoms with E-state index in [1.807, 2.05) is 50.6 Å². The topological polar surface area (TPSA) is 57.5 Å². The van der Waals surface area contributed by atoms with E-state index in [4.69, 9.17) is 4.74 Å². The lowest BCUT2D eigenvalue weighted by atomic mass is 10.2. The zero-order chi connectivity index (χ0) is 16.9. The molecule has 1 heterocycles. The minimum atomic E-state index is -0.318. The highest BCUT2D eigenvalue weighted by Crippen LogP contribution is 2.24. The Morgan fingerprint density at radius 2 is 1.95 bits per heavy atom. The number of nitrogens with zero attached hydrogens (tertiary/aromatic N) is 1. The summed E-state index contributed by atoms with van der Waals surface area (Å²) < 4.78 is 12.1.